The molecule has 3 rings (SSSR count). The van der Waals surface area contributed by atoms with Crippen molar-refractivity contribution in [3.05, 3.63) is 36.2 Å². The maximum atomic E-state index is 10.7. The zero-order valence-electron chi connectivity index (χ0n) is 11.6. The van der Waals surface area contributed by atoms with E-state index in [1.165, 1.54) is 5.39 Å². The highest BCUT2D eigenvalue weighted by Crippen LogP contribution is 2.32. The molecule has 0 saturated heterocycles. The molecule has 4 heteroatoms. The van der Waals surface area contributed by atoms with E-state index in [2.05, 4.69) is 15.6 Å². The van der Waals surface area contributed by atoms with E-state index in [0.29, 0.717) is 13.0 Å². The second-order valence-electron chi connectivity index (χ2n) is 4.78. The number of pyridine rings is 1. The minimum absolute atomic E-state index is 0.491. The number of hydrogen-bond acceptors (Lipinski definition) is 3. The molecule has 0 amide bonds. The number of carbonyl (C=O) groups is 1. The van der Waals surface area contributed by atoms with Gasteiger partial charge in [0.1, 0.15) is 12.0 Å². The van der Waals surface area contributed by atoms with E-state index in [4.69, 9.17) is 4.74 Å². The van der Waals surface area contributed by atoms with Crippen molar-refractivity contribution < 1.29 is 9.53 Å². The summed E-state index contributed by atoms with van der Waals surface area (Å²) in [5, 5.41) is 2.33. The molecule has 0 radical (unpaired) electrons. The molecule has 0 aliphatic heterocycles. The van der Waals surface area contributed by atoms with Gasteiger partial charge >= 0.3 is 0 Å². The molecule has 0 unspecified atom stereocenters. The van der Waals surface area contributed by atoms with Crippen LogP contribution in [-0.2, 0) is 11.3 Å². The molecule has 4 nitrogen and oxygen atoms in total. The Kier molecular flexibility index (Phi) is 3.14. The van der Waals surface area contributed by atoms with E-state index < -0.39 is 0 Å². The number of aromatic nitrogens is 2. The molecule has 0 saturated carbocycles. The fourth-order valence-corrected chi connectivity index (χ4v) is 2.74. The summed E-state index contributed by atoms with van der Waals surface area (Å²) in [7, 11) is 1.66. The number of benzene rings is 1. The van der Waals surface area contributed by atoms with Crippen molar-refractivity contribution in [2.45, 2.75) is 19.9 Å². The third-order valence-corrected chi connectivity index (χ3v) is 3.63. The monoisotopic (exact) mass is 268 g/mol. The lowest BCUT2D eigenvalue weighted by molar-refractivity contribution is -0.108. The smallest absolute Gasteiger partial charge is 0.121 e. The van der Waals surface area contributed by atoms with E-state index in [0.717, 1.165) is 34.1 Å². The van der Waals surface area contributed by atoms with Gasteiger partial charge in [0.05, 0.1) is 23.8 Å². The first-order valence-electron chi connectivity index (χ1n) is 6.61. The quantitative estimate of drug-likeness (QED) is 0.683. The first-order valence-corrected chi connectivity index (χ1v) is 6.61. The van der Waals surface area contributed by atoms with Crippen LogP contribution in [0.4, 0.5) is 0 Å². The number of aryl methyl sites for hydroxylation is 2. The van der Waals surface area contributed by atoms with Gasteiger partial charge in [-0.2, -0.15) is 0 Å². The molecule has 102 valence electrons. The van der Waals surface area contributed by atoms with E-state index in [1.54, 1.807) is 7.11 Å². The van der Waals surface area contributed by atoms with Gasteiger partial charge in [0.15, 0.2) is 0 Å². The lowest BCUT2D eigenvalue weighted by Gasteiger charge is -2.07. The van der Waals surface area contributed by atoms with Crippen LogP contribution in [0.25, 0.3) is 21.8 Å². The Morgan fingerprint density at radius 2 is 2.15 bits per heavy atom. The van der Waals surface area contributed by atoms with Crippen LogP contribution < -0.4 is 4.74 Å². The predicted molar refractivity (Wildman–Crippen MR) is 79.2 cm³/mol. The molecule has 2 aromatic heterocycles. The summed E-state index contributed by atoms with van der Waals surface area (Å²) < 4.78 is 7.47. The Hall–Kier alpha value is -2.36. The summed E-state index contributed by atoms with van der Waals surface area (Å²) in [6, 6.07) is 8.06. The first kappa shape index (κ1) is 12.7. The molecule has 0 aliphatic carbocycles. The first-order chi connectivity index (χ1) is 9.76. The number of fused-ring (bicyclic) bond motifs is 3. The lowest BCUT2D eigenvalue weighted by atomic mass is 10.1. The van der Waals surface area contributed by atoms with Crippen LogP contribution in [0.3, 0.4) is 0 Å². The van der Waals surface area contributed by atoms with Crippen LogP contribution in [0.5, 0.6) is 5.75 Å². The van der Waals surface area contributed by atoms with Gasteiger partial charge in [-0.3, -0.25) is 4.98 Å². The molecular formula is C16H16N2O2. The van der Waals surface area contributed by atoms with Gasteiger partial charge in [0, 0.05) is 36.0 Å². The molecule has 0 atom stereocenters. The maximum absolute atomic E-state index is 10.7. The molecule has 2 heterocycles. The fraction of sp³-hybridized carbons (Fsp3) is 0.250. The van der Waals surface area contributed by atoms with E-state index in [9.17, 15) is 4.79 Å². The highest BCUT2D eigenvalue weighted by Gasteiger charge is 2.13. The zero-order valence-corrected chi connectivity index (χ0v) is 11.6. The number of aldehydes is 1. The topological polar surface area (TPSA) is 44.1 Å². The molecule has 0 N–H and O–H groups in total. The summed E-state index contributed by atoms with van der Waals surface area (Å²) >= 11 is 0. The largest absolute Gasteiger partial charge is 0.497 e. The maximum Gasteiger partial charge on any atom is 0.121 e. The standard InChI is InChI=1S/C16H16N2O2/c1-11-16-14(6-7-17-11)13-5-4-12(20-2)10-15(13)18(16)8-3-9-19/h4-7,9-10H,3,8H2,1-2H3. The summed E-state index contributed by atoms with van der Waals surface area (Å²) in [5.74, 6) is 0.818. The molecule has 1 aromatic carbocycles. The van der Waals surface area contributed by atoms with Crippen molar-refractivity contribution >= 4 is 28.1 Å². The minimum atomic E-state index is 0.491. The molecular weight excluding hydrogens is 252 g/mol. The number of nitrogens with zero attached hydrogens (tertiary/aromatic N) is 2. The van der Waals surface area contributed by atoms with Crippen LogP contribution in [0.1, 0.15) is 12.1 Å². The van der Waals surface area contributed by atoms with Gasteiger partial charge in [-0.15, -0.1) is 0 Å². The Bertz CT molecular complexity index is 790. The van der Waals surface area contributed by atoms with Gasteiger partial charge < -0.3 is 14.1 Å². The normalized spacial score (nSPS) is 11.1. The van der Waals surface area contributed by atoms with Gasteiger partial charge in [-0.25, -0.2) is 0 Å². The van der Waals surface area contributed by atoms with E-state index in [-0.39, 0.29) is 0 Å². The Morgan fingerprint density at radius 3 is 2.90 bits per heavy atom. The van der Waals surface area contributed by atoms with E-state index >= 15 is 0 Å². The van der Waals surface area contributed by atoms with Crippen molar-refractivity contribution in [3.63, 3.8) is 0 Å². The van der Waals surface area contributed by atoms with Crippen LogP contribution in [-0.4, -0.2) is 22.9 Å². The Morgan fingerprint density at radius 1 is 1.30 bits per heavy atom. The van der Waals surface area contributed by atoms with Crippen molar-refractivity contribution in [2.24, 2.45) is 0 Å². The third-order valence-electron chi connectivity index (χ3n) is 3.63. The van der Waals surface area contributed by atoms with Crippen LogP contribution in [0.15, 0.2) is 30.5 Å². The van der Waals surface area contributed by atoms with Crippen molar-refractivity contribution in [1.82, 2.24) is 9.55 Å². The van der Waals surface area contributed by atoms with E-state index in [1.807, 2.05) is 31.3 Å². The highest BCUT2D eigenvalue weighted by atomic mass is 16.5. The lowest BCUT2D eigenvalue weighted by Crippen LogP contribution is -2.00. The van der Waals surface area contributed by atoms with Crippen molar-refractivity contribution in [1.29, 1.82) is 0 Å². The second kappa shape index (κ2) is 4.96. The fourth-order valence-electron chi connectivity index (χ4n) is 2.74. The molecule has 20 heavy (non-hydrogen) atoms. The van der Waals surface area contributed by atoms with Crippen molar-refractivity contribution in [2.75, 3.05) is 7.11 Å². The van der Waals surface area contributed by atoms with Crippen LogP contribution in [0.2, 0.25) is 0 Å². The number of methoxy groups -OCH3 is 1. The number of carbonyl (C=O) groups excluding carboxylic acids is 1. The number of ether oxygens (including phenoxy) is 1. The summed E-state index contributed by atoms with van der Waals surface area (Å²) in [5.41, 5.74) is 3.15. The van der Waals surface area contributed by atoms with Gasteiger partial charge in [-0.1, -0.05) is 0 Å². The van der Waals surface area contributed by atoms with Gasteiger partial charge in [-0.05, 0) is 25.1 Å². The molecule has 0 aliphatic rings. The molecule has 0 bridgehead atoms. The third kappa shape index (κ3) is 1.84. The van der Waals surface area contributed by atoms with Gasteiger partial charge in [0.25, 0.3) is 0 Å². The minimum Gasteiger partial charge on any atom is -0.497 e. The average molecular weight is 268 g/mol. The average Bonchev–Trinajstić information content (AvgIpc) is 2.79. The summed E-state index contributed by atoms with van der Waals surface area (Å²) in [6.45, 7) is 2.65. The predicted octanol–water partition coefficient (Wildman–Crippen LogP) is 3.10. The summed E-state index contributed by atoms with van der Waals surface area (Å²) in [6.07, 6.45) is 3.26. The molecule has 0 fully saturated rings. The Labute approximate surface area is 117 Å². The SMILES string of the molecule is COc1ccc2c3ccnc(C)c3n(CCC=O)c2c1. The highest BCUT2D eigenvalue weighted by molar-refractivity contribution is 6.09. The summed E-state index contributed by atoms with van der Waals surface area (Å²) in [4.78, 5) is 15.1. The van der Waals surface area contributed by atoms with Gasteiger partial charge in [0.2, 0.25) is 0 Å². The Balaban J connectivity index is 2.40. The number of rotatable bonds is 4. The number of hydrogen-bond donors (Lipinski definition) is 0. The van der Waals surface area contributed by atoms with Crippen LogP contribution >= 0.6 is 0 Å². The molecule has 3 aromatic rings. The molecule has 0 spiro atoms. The second-order valence-corrected chi connectivity index (χ2v) is 4.78. The van der Waals surface area contributed by atoms with Crippen molar-refractivity contribution in [3.8, 4) is 5.75 Å². The van der Waals surface area contributed by atoms with Crippen LogP contribution in [0, 0.1) is 6.92 Å². The zero-order chi connectivity index (χ0) is 14.1.